The van der Waals surface area contributed by atoms with Crippen LogP contribution < -0.4 is 20.1 Å². The molecule has 0 unspecified atom stereocenters. The first-order valence-electron chi connectivity index (χ1n) is 14.4. The van der Waals surface area contributed by atoms with E-state index in [0.29, 0.717) is 43.9 Å². The van der Waals surface area contributed by atoms with Crippen LogP contribution in [0.2, 0.25) is 5.02 Å². The molecule has 226 valence electrons. The number of hydrogen-bond donors (Lipinski definition) is 1. The van der Waals surface area contributed by atoms with Crippen LogP contribution in [0.25, 0.3) is 32.2 Å². The molecular weight excluding hydrogens is 605 g/mol. The number of nitrogens with zero attached hydrogens (tertiary/aromatic N) is 5. The van der Waals surface area contributed by atoms with Gasteiger partial charge in [-0.25, -0.2) is 18.2 Å². The van der Waals surface area contributed by atoms with E-state index in [2.05, 4.69) is 14.9 Å². The molecule has 0 aliphatic carbocycles. The number of anilines is 2. The van der Waals surface area contributed by atoms with E-state index < -0.39 is 23.3 Å². The predicted molar refractivity (Wildman–Crippen MR) is 158 cm³/mol. The third-order valence-electron chi connectivity index (χ3n) is 9.09. The summed E-state index contributed by atoms with van der Waals surface area (Å²) < 4.78 is 64.5. The molecule has 9 nitrogen and oxygen atoms in total. The van der Waals surface area contributed by atoms with Gasteiger partial charge in [-0.15, -0.1) is 0 Å². The maximum absolute atomic E-state index is 16.9. The topological polar surface area (TPSA) is 98.9 Å². The van der Waals surface area contributed by atoms with E-state index in [4.69, 9.17) is 36.5 Å². The Hall–Kier alpha value is -3.13. The van der Waals surface area contributed by atoms with E-state index in [1.807, 2.05) is 4.90 Å². The standard InChI is InChI=1S/C29H28ClF3N6O3S/c30-20-18(16-3-4-17(32)25-22(16)35-27(34)43-25)21(33)23-19-24(20)41-12-15-11-40-8-2-7-39(15)26(19)37-28(36-23)42-13-29-5-1-6-38(29)10-14(31)9-29/h3-4,14-15H,1-2,5-13H2,(H2,34,35)/t14-,15+,29+/m1/s1. The quantitative estimate of drug-likeness (QED) is 0.319. The normalized spacial score (nSPS) is 25.4. The molecule has 0 spiro atoms. The lowest BCUT2D eigenvalue weighted by molar-refractivity contribution is 0.107. The van der Waals surface area contributed by atoms with Crippen molar-refractivity contribution in [1.29, 1.82) is 0 Å². The van der Waals surface area contributed by atoms with Gasteiger partial charge >= 0.3 is 6.01 Å². The number of aromatic nitrogens is 3. The van der Waals surface area contributed by atoms with Crippen LogP contribution in [0.5, 0.6) is 11.8 Å². The molecule has 4 aromatic rings. The van der Waals surface area contributed by atoms with Crippen molar-refractivity contribution in [3.63, 3.8) is 0 Å². The van der Waals surface area contributed by atoms with Crippen LogP contribution in [0.3, 0.4) is 0 Å². The number of hydrogen-bond acceptors (Lipinski definition) is 10. The summed E-state index contributed by atoms with van der Waals surface area (Å²) in [7, 11) is 0. The van der Waals surface area contributed by atoms with Crippen LogP contribution >= 0.6 is 22.9 Å². The van der Waals surface area contributed by atoms with Gasteiger partial charge in [-0.3, -0.25) is 4.90 Å². The van der Waals surface area contributed by atoms with Gasteiger partial charge in [0.2, 0.25) is 0 Å². The van der Waals surface area contributed by atoms with Crippen LogP contribution in [-0.2, 0) is 4.74 Å². The van der Waals surface area contributed by atoms with Gasteiger partial charge in [0.1, 0.15) is 36.5 Å². The zero-order chi connectivity index (χ0) is 29.5. The van der Waals surface area contributed by atoms with Gasteiger partial charge in [-0.05, 0) is 37.9 Å². The van der Waals surface area contributed by atoms with Gasteiger partial charge in [-0.2, -0.15) is 9.97 Å². The number of alkyl halides is 1. The van der Waals surface area contributed by atoms with Crippen LogP contribution in [-0.4, -0.2) is 83.7 Å². The minimum atomic E-state index is -0.918. The van der Waals surface area contributed by atoms with Crippen molar-refractivity contribution in [3.8, 4) is 22.9 Å². The Bertz CT molecular complexity index is 1780. The van der Waals surface area contributed by atoms with Crippen molar-refractivity contribution < 1.29 is 27.4 Å². The monoisotopic (exact) mass is 632 g/mol. The largest absolute Gasteiger partial charge is 0.489 e. The Labute approximate surface area is 253 Å². The molecule has 0 amide bonds. The number of ether oxygens (including phenoxy) is 3. The molecule has 2 aromatic heterocycles. The van der Waals surface area contributed by atoms with E-state index in [0.717, 1.165) is 37.1 Å². The second-order valence-corrected chi connectivity index (χ2v) is 13.1. The number of benzene rings is 2. The van der Waals surface area contributed by atoms with Crippen LogP contribution in [0.4, 0.5) is 24.1 Å². The average Bonchev–Trinajstić information content (AvgIpc) is 3.54. The summed E-state index contributed by atoms with van der Waals surface area (Å²) >= 11 is 7.92. The highest BCUT2D eigenvalue weighted by Crippen LogP contribution is 2.50. The van der Waals surface area contributed by atoms with Crippen molar-refractivity contribution in [3.05, 3.63) is 28.8 Å². The summed E-state index contributed by atoms with van der Waals surface area (Å²) in [5.74, 6) is -0.598. The summed E-state index contributed by atoms with van der Waals surface area (Å²) in [5.41, 5.74) is 5.86. The molecule has 4 aliphatic rings. The molecule has 0 bridgehead atoms. The fourth-order valence-corrected chi connectivity index (χ4v) is 8.24. The highest BCUT2D eigenvalue weighted by molar-refractivity contribution is 7.22. The fourth-order valence-electron chi connectivity index (χ4n) is 7.15. The molecule has 14 heteroatoms. The number of nitrogen functional groups attached to an aromatic ring is 1. The SMILES string of the molecule is Nc1nc2c(-c3c(Cl)c4c5c(nc(OC[C@@]67CCCN6C[C@H](F)C7)nc5c3F)N3CCCOC[C@H]3CO4)ccc(F)c2s1. The molecule has 0 saturated carbocycles. The lowest BCUT2D eigenvalue weighted by Crippen LogP contribution is -2.43. The lowest BCUT2D eigenvalue weighted by atomic mass is 9.95. The number of fused-ring (bicyclic) bond motifs is 4. The molecule has 2 aromatic carbocycles. The molecule has 6 heterocycles. The van der Waals surface area contributed by atoms with Crippen LogP contribution in [0.15, 0.2) is 12.1 Å². The lowest BCUT2D eigenvalue weighted by Gasteiger charge is -2.31. The number of halogens is 4. The van der Waals surface area contributed by atoms with E-state index in [1.165, 1.54) is 12.1 Å². The van der Waals surface area contributed by atoms with Gasteiger partial charge in [0, 0.05) is 37.2 Å². The maximum atomic E-state index is 16.9. The van der Waals surface area contributed by atoms with E-state index in [-0.39, 0.29) is 68.0 Å². The Kier molecular flexibility index (Phi) is 6.51. The fraction of sp³-hybridized carbons (Fsp3) is 0.483. The molecule has 4 aliphatic heterocycles. The molecule has 3 atom stereocenters. The van der Waals surface area contributed by atoms with Crippen molar-refractivity contribution in [2.75, 3.05) is 56.7 Å². The Morgan fingerprint density at radius 3 is 2.91 bits per heavy atom. The summed E-state index contributed by atoms with van der Waals surface area (Å²) in [6, 6.07) is 2.43. The van der Waals surface area contributed by atoms with Crippen molar-refractivity contribution in [1.82, 2.24) is 19.9 Å². The smallest absolute Gasteiger partial charge is 0.319 e. The average molecular weight is 633 g/mol. The number of rotatable bonds is 4. The Morgan fingerprint density at radius 1 is 1.14 bits per heavy atom. The van der Waals surface area contributed by atoms with Gasteiger partial charge in [0.25, 0.3) is 0 Å². The number of nitrogens with two attached hydrogens (primary N) is 1. The van der Waals surface area contributed by atoms with Crippen molar-refractivity contribution >= 4 is 55.0 Å². The van der Waals surface area contributed by atoms with Crippen molar-refractivity contribution in [2.45, 2.75) is 43.4 Å². The highest BCUT2D eigenvalue weighted by Gasteiger charge is 2.49. The second kappa shape index (κ2) is 10.2. The van der Waals surface area contributed by atoms with Gasteiger partial charge in [0.15, 0.2) is 16.7 Å². The van der Waals surface area contributed by atoms with Crippen LogP contribution in [0.1, 0.15) is 25.7 Å². The third-order valence-corrected chi connectivity index (χ3v) is 10.3. The highest BCUT2D eigenvalue weighted by atomic mass is 35.5. The van der Waals surface area contributed by atoms with Gasteiger partial charge < -0.3 is 24.8 Å². The first-order valence-corrected chi connectivity index (χ1v) is 15.6. The first kappa shape index (κ1) is 27.4. The zero-order valence-electron chi connectivity index (χ0n) is 23.0. The van der Waals surface area contributed by atoms with E-state index in [1.54, 1.807) is 0 Å². The summed E-state index contributed by atoms with van der Waals surface area (Å²) in [4.78, 5) is 17.8. The summed E-state index contributed by atoms with van der Waals surface area (Å²) in [6.45, 7) is 3.15. The zero-order valence-corrected chi connectivity index (χ0v) is 24.6. The molecule has 3 saturated heterocycles. The summed E-state index contributed by atoms with van der Waals surface area (Å²) in [5, 5.41) is 0.468. The molecule has 43 heavy (non-hydrogen) atoms. The van der Waals surface area contributed by atoms with Crippen molar-refractivity contribution in [2.24, 2.45) is 0 Å². The second-order valence-electron chi connectivity index (χ2n) is 11.7. The Morgan fingerprint density at radius 2 is 2.02 bits per heavy atom. The minimum Gasteiger partial charge on any atom is -0.489 e. The minimum absolute atomic E-state index is 0.00186. The van der Waals surface area contributed by atoms with Gasteiger partial charge in [-0.1, -0.05) is 22.9 Å². The van der Waals surface area contributed by atoms with E-state index >= 15 is 4.39 Å². The maximum Gasteiger partial charge on any atom is 0.319 e. The van der Waals surface area contributed by atoms with Gasteiger partial charge in [0.05, 0.1) is 38.8 Å². The molecule has 0 radical (unpaired) electrons. The third kappa shape index (κ3) is 4.30. The molecular formula is C29H28ClF3N6O3S. The Balaban J connectivity index is 1.32. The predicted octanol–water partition coefficient (Wildman–Crippen LogP) is 5.36. The molecule has 2 N–H and O–H groups in total. The molecule has 3 fully saturated rings. The first-order chi connectivity index (χ1) is 20.8. The number of thiazole rings is 1. The van der Waals surface area contributed by atoms with Crippen LogP contribution in [0, 0.1) is 11.6 Å². The van der Waals surface area contributed by atoms with E-state index in [9.17, 15) is 8.78 Å². The summed E-state index contributed by atoms with van der Waals surface area (Å²) in [6.07, 6.45) is 1.96. The molecule has 8 rings (SSSR count).